The molecule has 0 atom stereocenters. The fourth-order valence-electron chi connectivity index (χ4n) is 1.25. The summed E-state index contributed by atoms with van der Waals surface area (Å²) in [5.41, 5.74) is 2.33. The van der Waals surface area contributed by atoms with Gasteiger partial charge in [-0.15, -0.1) is 0 Å². The zero-order valence-electron chi connectivity index (χ0n) is 9.76. The van der Waals surface area contributed by atoms with E-state index in [0.717, 1.165) is 11.4 Å². The first-order valence-corrected chi connectivity index (χ1v) is 5.12. The van der Waals surface area contributed by atoms with Gasteiger partial charge in [0.25, 0.3) is 0 Å². The molecular weight excluding hydrogens is 172 g/mol. The van der Waals surface area contributed by atoms with Gasteiger partial charge in [0.2, 0.25) is 0 Å². The van der Waals surface area contributed by atoms with E-state index in [-0.39, 0.29) is 5.54 Å². The lowest BCUT2D eigenvalue weighted by Gasteiger charge is -2.22. The smallest absolute Gasteiger partial charge is 0.0530 e. The molecule has 1 rings (SSSR count). The number of anilines is 1. The van der Waals surface area contributed by atoms with Crippen LogP contribution in [-0.2, 0) is 0 Å². The second kappa shape index (κ2) is 3.99. The average Bonchev–Trinajstić information content (AvgIpc) is 2.02. The highest BCUT2D eigenvalue weighted by Crippen LogP contribution is 2.16. The van der Waals surface area contributed by atoms with E-state index in [1.54, 1.807) is 0 Å². The van der Waals surface area contributed by atoms with Crippen LogP contribution in [0.3, 0.4) is 0 Å². The third-order valence-corrected chi connectivity index (χ3v) is 1.90. The average molecular weight is 192 g/mol. The lowest BCUT2D eigenvalue weighted by atomic mass is 10.1. The molecule has 1 aromatic heterocycles. The number of pyridine rings is 1. The van der Waals surface area contributed by atoms with Crippen molar-refractivity contribution in [3.05, 3.63) is 24.0 Å². The van der Waals surface area contributed by atoms with E-state index in [4.69, 9.17) is 0 Å². The van der Waals surface area contributed by atoms with E-state index in [1.807, 2.05) is 6.20 Å². The lowest BCUT2D eigenvalue weighted by Crippen LogP contribution is -2.26. The van der Waals surface area contributed by atoms with E-state index in [1.165, 1.54) is 0 Å². The minimum Gasteiger partial charge on any atom is -0.379 e. The standard InChI is InChI=1S/C12H20N2/c1-9(2)11-7-6-10(8-13-11)14-12(3,4)5/h6-9,14H,1-5H3. The van der Waals surface area contributed by atoms with Crippen molar-refractivity contribution in [2.75, 3.05) is 5.32 Å². The van der Waals surface area contributed by atoms with Gasteiger partial charge in [0, 0.05) is 11.2 Å². The van der Waals surface area contributed by atoms with Crippen LogP contribution in [0.2, 0.25) is 0 Å². The summed E-state index contributed by atoms with van der Waals surface area (Å²) in [5.74, 6) is 0.499. The largest absolute Gasteiger partial charge is 0.379 e. The van der Waals surface area contributed by atoms with E-state index < -0.39 is 0 Å². The van der Waals surface area contributed by atoms with Crippen LogP contribution in [0, 0.1) is 0 Å². The van der Waals surface area contributed by atoms with E-state index in [9.17, 15) is 0 Å². The molecule has 0 spiro atoms. The Kier molecular flexibility index (Phi) is 3.14. The molecule has 0 aliphatic rings. The third-order valence-electron chi connectivity index (χ3n) is 1.90. The maximum atomic E-state index is 4.40. The summed E-state index contributed by atoms with van der Waals surface area (Å²) >= 11 is 0. The van der Waals surface area contributed by atoms with Crippen molar-refractivity contribution in [3.63, 3.8) is 0 Å². The molecule has 0 radical (unpaired) electrons. The first-order valence-electron chi connectivity index (χ1n) is 5.12. The molecule has 14 heavy (non-hydrogen) atoms. The van der Waals surface area contributed by atoms with Crippen LogP contribution in [-0.4, -0.2) is 10.5 Å². The number of nitrogens with zero attached hydrogens (tertiary/aromatic N) is 1. The van der Waals surface area contributed by atoms with Crippen molar-refractivity contribution in [1.29, 1.82) is 0 Å². The molecule has 1 heterocycles. The van der Waals surface area contributed by atoms with Gasteiger partial charge in [-0.2, -0.15) is 0 Å². The van der Waals surface area contributed by atoms with E-state index in [0.29, 0.717) is 5.92 Å². The van der Waals surface area contributed by atoms with Gasteiger partial charge in [0.1, 0.15) is 0 Å². The van der Waals surface area contributed by atoms with Crippen molar-refractivity contribution in [1.82, 2.24) is 4.98 Å². The molecule has 2 nitrogen and oxygen atoms in total. The molecule has 0 aliphatic carbocycles. The molecule has 0 fully saturated rings. The fraction of sp³-hybridized carbons (Fsp3) is 0.583. The second-order valence-corrected chi connectivity index (χ2v) is 5.00. The molecule has 0 saturated carbocycles. The highest BCUT2D eigenvalue weighted by atomic mass is 15.0. The molecule has 78 valence electrons. The van der Waals surface area contributed by atoms with Crippen molar-refractivity contribution in [3.8, 4) is 0 Å². The molecule has 0 saturated heterocycles. The molecule has 0 aliphatic heterocycles. The van der Waals surface area contributed by atoms with Gasteiger partial charge in [-0.1, -0.05) is 13.8 Å². The SMILES string of the molecule is CC(C)c1ccc(NC(C)(C)C)cn1. The first-order chi connectivity index (χ1) is 6.38. The Morgan fingerprint density at radius 1 is 1.21 bits per heavy atom. The Labute approximate surface area is 86.8 Å². The van der Waals surface area contributed by atoms with Gasteiger partial charge in [0.05, 0.1) is 11.9 Å². The Morgan fingerprint density at radius 3 is 2.21 bits per heavy atom. The topological polar surface area (TPSA) is 24.9 Å². The maximum absolute atomic E-state index is 4.40. The maximum Gasteiger partial charge on any atom is 0.0530 e. The number of nitrogens with one attached hydrogen (secondary N) is 1. The Hall–Kier alpha value is -1.05. The Balaban J connectivity index is 2.74. The van der Waals surface area contributed by atoms with Crippen LogP contribution < -0.4 is 5.32 Å². The predicted molar refractivity (Wildman–Crippen MR) is 61.7 cm³/mol. The van der Waals surface area contributed by atoms with Crippen LogP contribution in [0.1, 0.15) is 46.2 Å². The summed E-state index contributed by atoms with van der Waals surface area (Å²) in [6, 6.07) is 4.17. The fourth-order valence-corrected chi connectivity index (χ4v) is 1.25. The minimum absolute atomic E-state index is 0.0982. The normalized spacial score (nSPS) is 11.9. The summed E-state index contributed by atoms with van der Waals surface area (Å²) in [6.07, 6.45) is 1.90. The molecule has 1 aromatic rings. The molecule has 0 aromatic carbocycles. The number of rotatable bonds is 2. The van der Waals surface area contributed by atoms with Crippen molar-refractivity contribution in [2.45, 2.75) is 46.1 Å². The van der Waals surface area contributed by atoms with E-state index >= 15 is 0 Å². The van der Waals surface area contributed by atoms with Gasteiger partial charge in [0.15, 0.2) is 0 Å². The van der Waals surface area contributed by atoms with Crippen molar-refractivity contribution in [2.24, 2.45) is 0 Å². The van der Waals surface area contributed by atoms with E-state index in [2.05, 4.69) is 57.1 Å². The Morgan fingerprint density at radius 2 is 1.86 bits per heavy atom. The summed E-state index contributed by atoms with van der Waals surface area (Å²) in [6.45, 7) is 10.7. The van der Waals surface area contributed by atoms with Gasteiger partial charge < -0.3 is 5.32 Å². The van der Waals surface area contributed by atoms with Gasteiger partial charge in [-0.3, -0.25) is 4.98 Å². The number of hydrogen-bond acceptors (Lipinski definition) is 2. The quantitative estimate of drug-likeness (QED) is 0.776. The first kappa shape index (κ1) is 11.0. The molecule has 0 bridgehead atoms. The minimum atomic E-state index is 0.0982. The second-order valence-electron chi connectivity index (χ2n) is 5.00. The Bertz CT molecular complexity index is 280. The zero-order chi connectivity index (χ0) is 10.8. The molecule has 0 unspecified atom stereocenters. The van der Waals surface area contributed by atoms with Gasteiger partial charge in [-0.25, -0.2) is 0 Å². The van der Waals surface area contributed by atoms with Crippen molar-refractivity contribution < 1.29 is 0 Å². The molecule has 2 heteroatoms. The predicted octanol–water partition coefficient (Wildman–Crippen LogP) is 3.42. The molecular formula is C12H20N2. The zero-order valence-corrected chi connectivity index (χ0v) is 9.76. The summed E-state index contributed by atoms with van der Waals surface area (Å²) in [7, 11) is 0. The highest BCUT2D eigenvalue weighted by Gasteiger charge is 2.09. The lowest BCUT2D eigenvalue weighted by molar-refractivity contribution is 0.633. The third kappa shape index (κ3) is 3.36. The van der Waals surface area contributed by atoms with Crippen molar-refractivity contribution >= 4 is 5.69 Å². The van der Waals surface area contributed by atoms with Crippen LogP contribution in [0.25, 0.3) is 0 Å². The van der Waals surface area contributed by atoms with Gasteiger partial charge in [-0.05, 0) is 38.8 Å². The summed E-state index contributed by atoms with van der Waals surface area (Å²) in [5, 5.41) is 3.38. The number of hydrogen-bond donors (Lipinski definition) is 1. The summed E-state index contributed by atoms with van der Waals surface area (Å²) in [4.78, 5) is 4.40. The molecule has 0 amide bonds. The monoisotopic (exact) mass is 192 g/mol. The highest BCUT2D eigenvalue weighted by molar-refractivity contribution is 5.43. The van der Waals surface area contributed by atoms with Gasteiger partial charge >= 0.3 is 0 Å². The van der Waals surface area contributed by atoms with Crippen LogP contribution in [0.15, 0.2) is 18.3 Å². The van der Waals surface area contributed by atoms with Crippen LogP contribution in [0.5, 0.6) is 0 Å². The summed E-state index contributed by atoms with van der Waals surface area (Å²) < 4.78 is 0. The van der Waals surface area contributed by atoms with Crippen LogP contribution in [0.4, 0.5) is 5.69 Å². The molecule has 1 N–H and O–H groups in total. The number of aromatic nitrogens is 1. The van der Waals surface area contributed by atoms with Crippen LogP contribution >= 0.6 is 0 Å².